The maximum atomic E-state index is 14.1. The van der Waals surface area contributed by atoms with Gasteiger partial charge < -0.3 is 38.1 Å². The van der Waals surface area contributed by atoms with Gasteiger partial charge in [-0.25, -0.2) is 0 Å². The van der Waals surface area contributed by atoms with Crippen molar-refractivity contribution in [3.63, 3.8) is 0 Å². The number of carbonyl (C=O) groups is 5. The van der Waals surface area contributed by atoms with Crippen molar-refractivity contribution in [3.05, 3.63) is 110 Å². The van der Waals surface area contributed by atoms with Gasteiger partial charge in [0.15, 0.2) is 5.96 Å². The fraction of sp³-hybridized carbons (Fsp3) is 0.333. The number of guanidine groups is 1. The Labute approximate surface area is 310 Å². The Morgan fingerprint density at radius 2 is 1.42 bits per heavy atom. The molecule has 17 heteroatoms. The monoisotopic (exact) mass is 747 g/mol. The van der Waals surface area contributed by atoms with Crippen LogP contribution >= 0.6 is 11.6 Å². The molecule has 9 N–H and O–H groups in total. The number of nitro groups is 1. The normalized spacial score (nSPS) is 15.1. The highest BCUT2D eigenvalue weighted by atomic mass is 35.5. The lowest BCUT2D eigenvalue weighted by Gasteiger charge is -2.36. The van der Waals surface area contributed by atoms with E-state index in [1.54, 1.807) is 24.3 Å². The minimum atomic E-state index is -1.24. The Balaban J connectivity index is 1.58. The minimum Gasteiger partial charge on any atom is -0.370 e. The van der Waals surface area contributed by atoms with Crippen molar-refractivity contribution in [2.24, 2.45) is 22.2 Å². The number of nitro benzene ring substituents is 1. The number of carbonyl (C=O) groups excluding carboxylic acids is 5. The summed E-state index contributed by atoms with van der Waals surface area (Å²) in [6.07, 6.45) is 0.417. The molecule has 4 atom stereocenters. The Bertz CT molecular complexity index is 1850. The van der Waals surface area contributed by atoms with Crippen molar-refractivity contribution in [2.75, 3.05) is 6.54 Å². The van der Waals surface area contributed by atoms with Gasteiger partial charge in [0.1, 0.15) is 24.2 Å². The molecule has 1 aliphatic heterocycles. The van der Waals surface area contributed by atoms with Crippen LogP contribution in [0.1, 0.15) is 42.0 Å². The SMILES string of the molecule is CC(=O)N1Cc2ccccc2CC1C(=O)N[C@H](Cc1ccc(Cl)cc1)C(=O)N[C@@H](CCCN=C(N)N)C(=O)N[C@H](Cc1ccc([N+](=O)[O-])cc1)C(N)=O. The highest BCUT2D eigenvalue weighted by molar-refractivity contribution is 6.30. The predicted molar refractivity (Wildman–Crippen MR) is 197 cm³/mol. The maximum Gasteiger partial charge on any atom is 0.269 e. The van der Waals surface area contributed by atoms with Crippen LogP contribution in [-0.4, -0.2) is 76.0 Å². The number of nitrogens with one attached hydrogen (secondary N) is 3. The average Bonchev–Trinajstić information content (AvgIpc) is 3.12. The van der Waals surface area contributed by atoms with Gasteiger partial charge in [0.05, 0.1) is 4.92 Å². The summed E-state index contributed by atoms with van der Waals surface area (Å²) >= 11 is 6.09. The maximum absolute atomic E-state index is 14.1. The van der Waals surface area contributed by atoms with E-state index in [4.69, 9.17) is 28.8 Å². The molecule has 16 nitrogen and oxygen atoms in total. The van der Waals surface area contributed by atoms with Gasteiger partial charge in [0.25, 0.3) is 5.69 Å². The van der Waals surface area contributed by atoms with Gasteiger partial charge in [-0.2, -0.15) is 0 Å². The van der Waals surface area contributed by atoms with Crippen molar-refractivity contribution in [2.45, 2.75) is 69.7 Å². The Morgan fingerprint density at radius 1 is 0.849 bits per heavy atom. The smallest absolute Gasteiger partial charge is 0.269 e. The van der Waals surface area contributed by atoms with Crippen molar-refractivity contribution >= 4 is 52.8 Å². The van der Waals surface area contributed by atoms with Crippen LogP contribution in [0.5, 0.6) is 0 Å². The third-order valence-electron chi connectivity index (χ3n) is 8.77. The van der Waals surface area contributed by atoms with Crippen LogP contribution in [0.15, 0.2) is 77.8 Å². The van der Waals surface area contributed by atoms with Crippen molar-refractivity contribution in [1.29, 1.82) is 0 Å². The first-order valence-corrected chi connectivity index (χ1v) is 17.2. The second kappa shape index (κ2) is 18.5. The van der Waals surface area contributed by atoms with E-state index in [2.05, 4.69) is 20.9 Å². The van der Waals surface area contributed by atoms with Crippen LogP contribution < -0.4 is 33.2 Å². The van der Waals surface area contributed by atoms with E-state index in [-0.39, 0.29) is 62.7 Å². The number of benzene rings is 3. The third-order valence-corrected chi connectivity index (χ3v) is 9.02. The molecule has 1 unspecified atom stereocenters. The quantitative estimate of drug-likeness (QED) is 0.0401. The number of fused-ring (bicyclic) bond motifs is 1. The van der Waals surface area contributed by atoms with E-state index in [0.717, 1.165) is 11.1 Å². The number of nitrogens with two attached hydrogens (primary N) is 3. The Kier molecular flexibility index (Phi) is 13.8. The first-order valence-electron chi connectivity index (χ1n) is 16.8. The minimum absolute atomic E-state index is 0.00448. The van der Waals surface area contributed by atoms with E-state index in [1.165, 1.54) is 36.1 Å². The van der Waals surface area contributed by atoms with Crippen LogP contribution in [0.4, 0.5) is 5.69 Å². The van der Waals surface area contributed by atoms with Gasteiger partial charge in [-0.05, 0) is 47.2 Å². The van der Waals surface area contributed by atoms with Gasteiger partial charge in [-0.3, -0.25) is 39.1 Å². The van der Waals surface area contributed by atoms with Gasteiger partial charge in [0, 0.05) is 56.4 Å². The summed E-state index contributed by atoms with van der Waals surface area (Å²) in [4.78, 5) is 82.7. The second-order valence-corrected chi connectivity index (χ2v) is 13.1. The van der Waals surface area contributed by atoms with E-state index in [0.29, 0.717) is 16.1 Å². The summed E-state index contributed by atoms with van der Waals surface area (Å²) in [5.41, 5.74) is 19.3. The number of aliphatic imine (C=N–C) groups is 1. The molecule has 0 fully saturated rings. The van der Waals surface area contributed by atoms with Crippen molar-refractivity contribution < 1.29 is 28.9 Å². The zero-order valence-electron chi connectivity index (χ0n) is 29.0. The highest BCUT2D eigenvalue weighted by Crippen LogP contribution is 2.24. The molecule has 4 rings (SSSR count). The molecular weight excluding hydrogens is 706 g/mol. The zero-order chi connectivity index (χ0) is 38.7. The first-order chi connectivity index (χ1) is 25.2. The topological polar surface area (TPSA) is 258 Å². The summed E-state index contributed by atoms with van der Waals surface area (Å²) < 4.78 is 0. The molecule has 0 aliphatic carbocycles. The van der Waals surface area contributed by atoms with Crippen LogP contribution in [0.3, 0.4) is 0 Å². The summed E-state index contributed by atoms with van der Waals surface area (Å²) in [7, 11) is 0. The molecule has 0 saturated heterocycles. The lowest BCUT2D eigenvalue weighted by Crippen LogP contribution is -2.59. The Morgan fingerprint density at radius 3 is 2.00 bits per heavy atom. The molecular formula is C36H42ClN9O7. The summed E-state index contributed by atoms with van der Waals surface area (Å²) in [5.74, 6) is -3.38. The lowest BCUT2D eigenvalue weighted by atomic mass is 9.93. The van der Waals surface area contributed by atoms with Crippen LogP contribution in [0.25, 0.3) is 0 Å². The molecule has 1 heterocycles. The number of non-ortho nitro benzene ring substituents is 1. The van der Waals surface area contributed by atoms with Gasteiger partial charge in [0.2, 0.25) is 29.5 Å². The molecule has 0 radical (unpaired) electrons. The van der Waals surface area contributed by atoms with Crippen LogP contribution in [0, 0.1) is 10.1 Å². The molecule has 280 valence electrons. The molecule has 3 aromatic carbocycles. The van der Waals surface area contributed by atoms with Crippen LogP contribution in [0.2, 0.25) is 5.02 Å². The fourth-order valence-corrected chi connectivity index (χ4v) is 6.08. The molecule has 0 spiro atoms. The number of hydrogen-bond donors (Lipinski definition) is 6. The van der Waals surface area contributed by atoms with Gasteiger partial charge in [-0.1, -0.05) is 60.1 Å². The van der Waals surface area contributed by atoms with Gasteiger partial charge in [-0.15, -0.1) is 0 Å². The highest BCUT2D eigenvalue weighted by Gasteiger charge is 2.36. The predicted octanol–water partition coefficient (Wildman–Crippen LogP) is 1.00. The molecule has 0 bridgehead atoms. The van der Waals surface area contributed by atoms with Crippen LogP contribution in [-0.2, 0) is 49.8 Å². The molecule has 53 heavy (non-hydrogen) atoms. The molecule has 5 amide bonds. The van der Waals surface area contributed by atoms with Gasteiger partial charge >= 0.3 is 0 Å². The van der Waals surface area contributed by atoms with E-state index in [1.807, 2.05) is 24.3 Å². The van der Waals surface area contributed by atoms with E-state index in [9.17, 15) is 34.1 Å². The Hall–Kier alpha value is -6.03. The third kappa shape index (κ3) is 11.5. The number of hydrogen-bond acceptors (Lipinski definition) is 8. The molecule has 0 aromatic heterocycles. The largest absolute Gasteiger partial charge is 0.370 e. The first kappa shape index (κ1) is 39.8. The molecule has 0 saturated carbocycles. The molecule has 3 aromatic rings. The van der Waals surface area contributed by atoms with Crippen molar-refractivity contribution in [3.8, 4) is 0 Å². The van der Waals surface area contributed by atoms with E-state index >= 15 is 0 Å². The molecule has 1 aliphatic rings. The standard InChI is InChI=1S/C36H42ClN9O7/c1-21(47)45-20-25-6-3-2-5-24(25)19-31(45)35(51)44-30(18-22-8-12-26(37)13-9-22)34(50)42-28(7-4-16-41-36(39)40)33(49)43-29(32(38)48)17-23-10-14-27(15-11-23)46(52)53/h2-3,5-6,8-15,28-31H,4,7,16-20H2,1H3,(H2,38,48)(H,42,50)(H,43,49)(H,44,51)(H4,39,40,41)/t28-,29+,30+,31?/m0/s1. The number of halogens is 1. The number of rotatable bonds is 16. The van der Waals surface area contributed by atoms with E-state index < -0.39 is 52.7 Å². The number of primary amides is 1. The average molecular weight is 748 g/mol. The second-order valence-electron chi connectivity index (χ2n) is 12.6. The summed E-state index contributed by atoms with van der Waals surface area (Å²) in [5, 5.41) is 19.6. The zero-order valence-corrected chi connectivity index (χ0v) is 29.8. The fourth-order valence-electron chi connectivity index (χ4n) is 5.95. The number of amides is 5. The lowest BCUT2D eigenvalue weighted by molar-refractivity contribution is -0.384. The summed E-state index contributed by atoms with van der Waals surface area (Å²) in [6, 6.07) is 15.0. The summed E-state index contributed by atoms with van der Waals surface area (Å²) in [6.45, 7) is 1.72. The number of nitrogens with zero attached hydrogens (tertiary/aromatic N) is 3. The van der Waals surface area contributed by atoms with Crippen molar-refractivity contribution in [1.82, 2.24) is 20.9 Å².